The standard InChI is InChI=1S/C14H18S2/c1-5-9-11-13(7-3)15-16-14(8-4)12-10-6-2/h5-12H,1-2H2,3-4H3/b11-9-,12-10-,13-7+,14-8+. The van der Waals surface area contributed by atoms with Gasteiger partial charge in [0.1, 0.15) is 0 Å². The van der Waals surface area contributed by atoms with Gasteiger partial charge < -0.3 is 0 Å². The molecule has 86 valence electrons. The Morgan fingerprint density at radius 1 is 0.812 bits per heavy atom. The summed E-state index contributed by atoms with van der Waals surface area (Å²) in [5, 5.41) is 0. The molecule has 16 heavy (non-hydrogen) atoms. The van der Waals surface area contributed by atoms with Crippen molar-refractivity contribution in [2.75, 3.05) is 0 Å². The normalized spacial score (nSPS) is 13.6. The summed E-state index contributed by atoms with van der Waals surface area (Å²) in [4.78, 5) is 2.44. The minimum Gasteiger partial charge on any atom is -0.0991 e. The van der Waals surface area contributed by atoms with Gasteiger partial charge >= 0.3 is 0 Å². The molecular formula is C14H18S2. The van der Waals surface area contributed by atoms with Gasteiger partial charge in [-0.05, 0) is 26.0 Å². The van der Waals surface area contributed by atoms with Crippen LogP contribution in [0, 0.1) is 0 Å². The zero-order chi connectivity index (χ0) is 12.2. The van der Waals surface area contributed by atoms with E-state index in [1.165, 1.54) is 9.81 Å². The van der Waals surface area contributed by atoms with Crippen molar-refractivity contribution in [2.24, 2.45) is 0 Å². The van der Waals surface area contributed by atoms with Crippen LogP contribution in [0.15, 0.2) is 71.6 Å². The fraction of sp³-hybridized carbons (Fsp3) is 0.143. The molecule has 0 aliphatic carbocycles. The van der Waals surface area contributed by atoms with Gasteiger partial charge in [-0.1, -0.05) is 71.2 Å². The molecule has 0 aromatic heterocycles. The zero-order valence-electron chi connectivity index (χ0n) is 9.85. The number of allylic oxidation sites excluding steroid dienone is 8. The van der Waals surface area contributed by atoms with Gasteiger partial charge in [-0.2, -0.15) is 0 Å². The van der Waals surface area contributed by atoms with Gasteiger partial charge in [0.25, 0.3) is 0 Å². The summed E-state index contributed by atoms with van der Waals surface area (Å²) in [5.41, 5.74) is 0. The van der Waals surface area contributed by atoms with E-state index in [0.717, 1.165) is 0 Å². The van der Waals surface area contributed by atoms with Crippen LogP contribution in [-0.2, 0) is 0 Å². The molecule has 0 unspecified atom stereocenters. The van der Waals surface area contributed by atoms with Gasteiger partial charge in [0, 0.05) is 9.81 Å². The summed E-state index contributed by atoms with van der Waals surface area (Å²) >= 11 is 0. The van der Waals surface area contributed by atoms with E-state index in [0.29, 0.717) is 0 Å². The lowest BCUT2D eigenvalue weighted by molar-refractivity contribution is 1.70. The zero-order valence-corrected chi connectivity index (χ0v) is 11.5. The summed E-state index contributed by atoms with van der Waals surface area (Å²) in [6.45, 7) is 11.4. The van der Waals surface area contributed by atoms with E-state index >= 15 is 0 Å². The molecule has 0 fully saturated rings. The molecule has 0 spiro atoms. The van der Waals surface area contributed by atoms with Gasteiger partial charge in [-0.25, -0.2) is 0 Å². The Hall–Kier alpha value is -0.860. The van der Waals surface area contributed by atoms with E-state index in [9.17, 15) is 0 Å². The Balaban J connectivity index is 4.30. The number of rotatable bonds is 7. The van der Waals surface area contributed by atoms with Gasteiger partial charge in [-0.15, -0.1) is 0 Å². The molecule has 0 saturated carbocycles. The van der Waals surface area contributed by atoms with Crippen LogP contribution in [0.25, 0.3) is 0 Å². The van der Waals surface area contributed by atoms with Crippen LogP contribution < -0.4 is 0 Å². The molecule has 0 radical (unpaired) electrons. The van der Waals surface area contributed by atoms with Crippen LogP contribution >= 0.6 is 21.6 Å². The second-order valence-electron chi connectivity index (χ2n) is 2.74. The van der Waals surface area contributed by atoms with Gasteiger partial charge in [-0.3, -0.25) is 0 Å². The van der Waals surface area contributed by atoms with Crippen LogP contribution in [0.5, 0.6) is 0 Å². The molecule has 0 amide bonds. The van der Waals surface area contributed by atoms with E-state index in [1.54, 1.807) is 33.7 Å². The third kappa shape index (κ3) is 7.43. The van der Waals surface area contributed by atoms with Crippen molar-refractivity contribution < 1.29 is 0 Å². The summed E-state index contributed by atoms with van der Waals surface area (Å²) < 4.78 is 0. The van der Waals surface area contributed by atoms with Gasteiger partial charge in [0.05, 0.1) is 0 Å². The first kappa shape index (κ1) is 15.1. The highest BCUT2D eigenvalue weighted by molar-refractivity contribution is 8.79. The van der Waals surface area contributed by atoms with Crippen molar-refractivity contribution in [2.45, 2.75) is 13.8 Å². The van der Waals surface area contributed by atoms with Crippen LogP contribution in [0.2, 0.25) is 0 Å². The summed E-state index contributed by atoms with van der Waals surface area (Å²) in [7, 11) is 3.47. The average Bonchev–Trinajstić information content (AvgIpc) is 2.33. The molecule has 0 aromatic carbocycles. The first-order valence-corrected chi connectivity index (χ1v) is 7.18. The van der Waals surface area contributed by atoms with E-state index in [2.05, 4.69) is 37.5 Å². The number of hydrogen-bond donors (Lipinski definition) is 0. The van der Waals surface area contributed by atoms with E-state index < -0.39 is 0 Å². The first-order valence-electron chi connectivity index (χ1n) is 5.03. The lowest BCUT2D eigenvalue weighted by Gasteiger charge is -2.01. The quantitative estimate of drug-likeness (QED) is 0.422. The third-order valence-electron chi connectivity index (χ3n) is 1.60. The summed E-state index contributed by atoms with van der Waals surface area (Å²) in [6.07, 6.45) is 15.7. The predicted octanol–water partition coefficient (Wildman–Crippen LogP) is 5.66. The van der Waals surface area contributed by atoms with E-state index in [-0.39, 0.29) is 0 Å². The molecule has 0 aliphatic rings. The minimum absolute atomic E-state index is 1.22. The molecule has 0 bridgehead atoms. The van der Waals surface area contributed by atoms with Crippen molar-refractivity contribution in [3.05, 3.63) is 71.6 Å². The van der Waals surface area contributed by atoms with Crippen LogP contribution in [0.3, 0.4) is 0 Å². The van der Waals surface area contributed by atoms with Crippen LogP contribution in [0.4, 0.5) is 0 Å². The Morgan fingerprint density at radius 2 is 1.19 bits per heavy atom. The van der Waals surface area contributed by atoms with E-state index in [4.69, 9.17) is 0 Å². The largest absolute Gasteiger partial charge is 0.0991 e. The molecule has 0 nitrogen and oxygen atoms in total. The van der Waals surface area contributed by atoms with Crippen molar-refractivity contribution in [1.29, 1.82) is 0 Å². The van der Waals surface area contributed by atoms with E-state index in [1.807, 2.05) is 26.0 Å². The lowest BCUT2D eigenvalue weighted by Crippen LogP contribution is -1.68. The Kier molecular flexibility index (Phi) is 10.1. The molecule has 0 saturated heterocycles. The average molecular weight is 250 g/mol. The SMILES string of the molecule is C=C/C=C\C(=C/C)SSC(/C=C\C=C)=C/C. The van der Waals surface area contributed by atoms with Crippen molar-refractivity contribution in [3.63, 3.8) is 0 Å². The highest BCUT2D eigenvalue weighted by Crippen LogP contribution is 2.37. The monoisotopic (exact) mass is 250 g/mol. The maximum atomic E-state index is 3.66. The van der Waals surface area contributed by atoms with Crippen LogP contribution in [-0.4, -0.2) is 0 Å². The molecular weight excluding hydrogens is 232 g/mol. The topological polar surface area (TPSA) is 0 Å². The number of hydrogen-bond acceptors (Lipinski definition) is 2. The second-order valence-corrected chi connectivity index (χ2v) is 5.01. The fourth-order valence-corrected chi connectivity index (χ4v) is 2.91. The molecule has 0 heterocycles. The van der Waals surface area contributed by atoms with Crippen molar-refractivity contribution in [1.82, 2.24) is 0 Å². The molecule has 0 N–H and O–H groups in total. The first-order chi connectivity index (χ1) is 7.78. The highest BCUT2D eigenvalue weighted by atomic mass is 33.1. The lowest BCUT2D eigenvalue weighted by atomic mass is 10.4. The van der Waals surface area contributed by atoms with Crippen molar-refractivity contribution >= 4 is 21.6 Å². The molecule has 2 heteroatoms. The molecule has 0 aliphatic heterocycles. The molecule has 0 rings (SSSR count). The highest BCUT2D eigenvalue weighted by Gasteiger charge is 1.96. The van der Waals surface area contributed by atoms with Gasteiger partial charge in [0.15, 0.2) is 0 Å². The molecule has 0 aromatic rings. The fourth-order valence-electron chi connectivity index (χ4n) is 0.766. The minimum atomic E-state index is 1.22. The van der Waals surface area contributed by atoms with Crippen molar-refractivity contribution in [3.8, 4) is 0 Å². The predicted molar refractivity (Wildman–Crippen MR) is 81.4 cm³/mol. The Bertz CT molecular complexity index is 297. The summed E-state index contributed by atoms with van der Waals surface area (Å²) in [5.74, 6) is 0. The Labute approximate surface area is 107 Å². The maximum Gasteiger partial charge on any atom is 0.0143 e. The Morgan fingerprint density at radius 3 is 1.44 bits per heavy atom. The molecule has 0 atom stereocenters. The second kappa shape index (κ2) is 10.7. The van der Waals surface area contributed by atoms with Gasteiger partial charge in [0.2, 0.25) is 0 Å². The maximum absolute atomic E-state index is 3.66. The third-order valence-corrected chi connectivity index (χ3v) is 4.21. The summed E-state index contributed by atoms with van der Waals surface area (Å²) in [6, 6.07) is 0. The van der Waals surface area contributed by atoms with Crippen LogP contribution in [0.1, 0.15) is 13.8 Å². The smallest absolute Gasteiger partial charge is 0.0143 e.